The molecule has 104 valence electrons. The number of aldehydes is 1. The Balaban J connectivity index is 1.76. The number of hydrogen-bond donors (Lipinski definition) is 0. The van der Waals surface area contributed by atoms with E-state index in [1.165, 1.54) is 0 Å². The molecular formula is C11H18O7. The molecule has 7 nitrogen and oxygen atoms in total. The molecule has 0 aliphatic carbocycles. The van der Waals surface area contributed by atoms with Crippen LogP contribution in [-0.4, -0.2) is 52.0 Å². The van der Waals surface area contributed by atoms with Crippen molar-refractivity contribution >= 4 is 6.29 Å². The molecule has 2 saturated heterocycles. The number of carbonyl (C=O) groups excluding carboxylic acids is 1. The van der Waals surface area contributed by atoms with Crippen LogP contribution in [0.25, 0.3) is 0 Å². The first-order chi connectivity index (χ1) is 8.88. The van der Waals surface area contributed by atoms with Gasteiger partial charge in [-0.25, -0.2) is 0 Å². The molecule has 2 rings (SSSR count). The fourth-order valence-electron chi connectivity index (χ4n) is 1.56. The molecule has 0 aromatic carbocycles. The molecule has 0 N–H and O–H groups in total. The van der Waals surface area contributed by atoms with Crippen molar-refractivity contribution in [2.45, 2.75) is 38.5 Å². The van der Waals surface area contributed by atoms with Crippen LogP contribution < -0.4 is 0 Å². The molecule has 0 saturated carbocycles. The summed E-state index contributed by atoms with van der Waals surface area (Å²) in [7, 11) is 0. The highest BCUT2D eigenvalue weighted by molar-refractivity contribution is 5.49. The summed E-state index contributed by atoms with van der Waals surface area (Å²) < 4.78 is 31.6. The molecule has 0 aromatic rings. The fraction of sp³-hybridized carbons (Fsp3) is 0.909. The van der Waals surface area contributed by atoms with Gasteiger partial charge in [-0.1, -0.05) is 0 Å². The summed E-state index contributed by atoms with van der Waals surface area (Å²) in [5, 5.41) is 0. The first-order valence-corrected chi connectivity index (χ1v) is 6.09. The molecule has 7 heteroatoms. The van der Waals surface area contributed by atoms with Crippen LogP contribution in [0.15, 0.2) is 0 Å². The maximum atomic E-state index is 10.6. The topological polar surface area (TPSA) is 72.5 Å². The summed E-state index contributed by atoms with van der Waals surface area (Å²) in [6.07, 6.45) is 1.62. The van der Waals surface area contributed by atoms with Crippen LogP contribution in [0.2, 0.25) is 0 Å². The van der Waals surface area contributed by atoms with Crippen LogP contribution in [0.5, 0.6) is 0 Å². The van der Waals surface area contributed by atoms with E-state index in [2.05, 4.69) is 0 Å². The monoisotopic (exact) mass is 262 g/mol. The normalized spacial score (nSPS) is 23.4. The van der Waals surface area contributed by atoms with Crippen molar-refractivity contribution in [3.63, 3.8) is 0 Å². The van der Waals surface area contributed by atoms with Crippen molar-refractivity contribution < 1.29 is 33.2 Å². The largest absolute Gasteiger partial charge is 0.330 e. The first-order valence-electron chi connectivity index (χ1n) is 6.09. The van der Waals surface area contributed by atoms with Gasteiger partial charge in [0.15, 0.2) is 6.29 Å². The molecule has 2 aliphatic rings. The SMILES string of the molecule is O=CCC(OC1OCCCO1)OC1OCCCO1. The lowest BCUT2D eigenvalue weighted by Gasteiger charge is -2.30. The van der Waals surface area contributed by atoms with Crippen molar-refractivity contribution in [2.24, 2.45) is 0 Å². The van der Waals surface area contributed by atoms with Gasteiger partial charge in [-0.3, -0.25) is 9.47 Å². The van der Waals surface area contributed by atoms with Crippen LogP contribution in [-0.2, 0) is 33.2 Å². The van der Waals surface area contributed by atoms with E-state index in [-0.39, 0.29) is 6.42 Å². The number of hydrogen-bond acceptors (Lipinski definition) is 7. The minimum absolute atomic E-state index is 0.0619. The Morgan fingerprint density at radius 1 is 0.944 bits per heavy atom. The Morgan fingerprint density at radius 3 is 1.78 bits per heavy atom. The van der Waals surface area contributed by atoms with E-state index in [1.54, 1.807) is 0 Å². The number of carbonyl (C=O) groups is 1. The minimum Gasteiger partial charge on any atom is -0.330 e. The maximum Gasteiger partial charge on any atom is 0.273 e. The summed E-state index contributed by atoms with van der Waals surface area (Å²) in [6.45, 7) is 0.660. The van der Waals surface area contributed by atoms with E-state index < -0.39 is 19.2 Å². The Hall–Kier alpha value is -0.570. The molecule has 2 aliphatic heterocycles. The third-order valence-corrected chi connectivity index (χ3v) is 2.41. The van der Waals surface area contributed by atoms with E-state index in [0.717, 1.165) is 12.8 Å². The van der Waals surface area contributed by atoms with Crippen LogP contribution >= 0.6 is 0 Å². The van der Waals surface area contributed by atoms with Gasteiger partial charge in [0.1, 0.15) is 6.29 Å². The van der Waals surface area contributed by atoms with Crippen molar-refractivity contribution in [3.8, 4) is 0 Å². The highest BCUT2D eigenvalue weighted by atomic mass is 16.9. The van der Waals surface area contributed by atoms with Gasteiger partial charge >= 0.3 is 0 Å². The average molecular weight is 262 g/mol. The molecular weight excluding hydrogens is 244 g/mol. The third-order valence-electron chi connectivity index (χ3n) is 2.41. The van der Waals surface area contributed by atoms with Gasteiger partial charge in [-0.2, -0.15) is 0 Å². The third kappa shape index (κ3) is 4.60. The quantitative estimate of drug-likeness (QED) is 0.506. The Labute approximate surface area is 105 Å². The molecule has 0 aromatic heterocycles. The molecule has 0 radical (unpaired) electrons. The summed E-state index contributed by atoms with van der Waals surface area (Å²) in [6, 6.07) is 0. The highest BCUT2D eigenvalue weighted by Gasteiger charge is 2.25. The lowest BCUT2D eigenvalue weighted by Crippen LogP contribution is -2.37. The smallest absolute Gasteiger partial charge is 0.273 e. The van der Waals surface area contributed by atoms with Crippen molar-refractivity contribution in [3.05, 3.63) is 0 Å². The van der Waals surface area contributed by atoms with Crippen LogP contribution in [0, 0.1) is 0 Å². The Kier molecular flexibility index (Phi) is 5.98. The summed E-state index contributed by atoms with van der Waals surface area (Å²) >= 11 is 0. The van der Waals surface area contributed by atoms with Gasteiger partial charge < -0.3 is 23.7 Å². The van der Waals surface area contributed by atoms with E-state index in [1.807, 2.05) is 0 Å². The molecule has 0 amide bonds. The minimum atomic E-state index is -0.799. The molecule has 2 fully saturated rings. The Morgan fingerprint density at radius 2 is 1.39 bits per heavy atom. The van der Waals surface area contributed by atoms with Crippen molar-refractivity contribution in [1.29, 1.82) is 0 Å². The fourth-order valence-corrected chi connectivity index (χ4v) is 1.56. The zero-order chi connectivity index (χ0) is 12.6. The second-order valence-corrected chi connectivity index (χ2v) is 3.87. The summed E-state index contributed by atoms with van der Waals surface area (Å²) in [5.74, 6) is 0. The molecule has 18 heavy (non-hydrogen) atoms. The van der Waals surface area contributed by atoms with E-state index in [0.29, 0.717) is 32.7 Å². The number of ether oxygens (including phenoxy) is 6. The summed E-state index contributed by atoms with van der Waals surface area (Å²) in [4.78, 5) is 10.6. The van der Waals surface area contributed by atoms with E-state index in [4.69, 9.17) is 28.4 Å². The van der Waals surface area contributed by atoms with E-state index in [9.17, 15) is 4.79 Å². The predicted octanol–water partition coefficient (Wildman–Crippen LogP) is 0.376. The van der Waals surface area contributed by atoms with Gasteiger partial charge in [0.2, 0.25) is 0 Å². The van der Waals surface area contributed by atoms with Crippen LogP contribution in [0.3, 0.4) is 0 Å². The molecule has 0 unspecified atom stereocenters. The first kappa shape index (κ1) is 13.9. The standard InChI is InChI=1S/C11H18O7/c12-4-3-9(17-10-13-5-1-6-14-10)18-11-15-7-2-8-16-11/h4,9-11H,1-3,5-8H2. The summed E-state index contributed by atoms with van der Waals surface area (Å²) in [5.41, 5.74) is 0. The molecule has 0 atom stereocenters. The highest BCUT2D eigenvalue weighted by Crippen LogP contribution is 2.15. The zero-order valence-electron chi connectivity index (χ0n) is 10.1. The van der Waals surface area contributed by atoms with Crippen LogP contribution in [0.1, 0.15) is 19.3 Å². The molecule has 0 bridgehead atoms. The second-order valence-electron chi connectivity index (χ2n) is 3.87. The second kappa shape index (κ2) is 7.78. The van der Waals surface area contributed by atoms with Gasteiger partial charge in [-0.05, 0) is 12.8 Å². The van der Waals surface area contributed by atoms with Gasteiger partial charge in [0.25, 0.3) is 13.0 Å². The van der Waals surface area contributed by atoms with Crippen molar-refractivity contribution in [2.75, 3.05) is 26.4 Å². The van der Waals surface area contributed by atoms with Crippen LogP contribution in [0.4, 0.5) is 0 Å². The molecule has 0 spiro atoms. The number of rotatable bonds is 6. The van der Waals surface area contributed by atoms with E-state index >= 15 is 0 Å². The zero-order valence-corrected chi connectivity index (χ0v) is 10.1. The predicted molar refractivity (Wildman–Crippen MR) is 57.3 cm³/mol. The lowest BCUT2D eigenvalue weighted by molar-refractivity contribution is -0.406. The average Bonchev–Trinajstić information content (AvgIpc) is 2.41. The maximum absolute atomic E-state index is 10.6. The van der Waals surface area contributed by atoms with Gasteiger partial charge in [0.05, 0.1) is 32.8 Å². The molecule has 2 heterocycles. The van der Waals surface area contributed by atoms with Gasteiger partial charge in [0, 0.05) is 0 Å². The van der Waals surface area contributed by atoms with Gasteiger partial charge in [-0.15, -0.1) is 0 Å². The Bertz CT molecular complexity index is 216. The lowest BCUT2D eigenvalue weighted by atomic mass is 10.4. The van der Waals surface area contributed by atoms with Crippen molar-refractivity contribution in [1.82, 2.24) is 0 Å².